The lowest BCUT2D eigenvalue weighted by Crippen LogP contribution is -2.02. The summed E-state index contributed by atoms with van der Waals surface area (Å²) in [7, 11) is 0. The first-order valence-corrected chi connectivity index (χ1v) is 11.9. The average Bonchev–Trinajstić information content (AvgIpc) is 3.40. The number of para-hydroxylation sites is 1. The Morgan fingerprint density at radius 3 is 2.73 bits per heavy atom. The average molecular weight is 437 g/mol. The highest BCUT2D eigenvalue weighted by Crippen LogP contribution is 2.33. The van der Waals surface area contributed by atoms with Crippen molar-refractivity contribution in [3.8, 4) is 27.7 Å². The zero-order chi connectivity index (χ0) is 20.9. The third kappa shape index (κ3) is 4.42. The van der Waals surface area contributed by atoms with Gasteiger partial charge in [0.1, 0.15) is 10.8 Å². The Bertz CT molecular complexity index is 1140. The van der Waals surface area contributed by atoms with Crippen molar-refractivity contribution in [1.82, 2.24) is 19.7 Å². The number of thioether (sulfide) groups is 1. The van der Waals surface area contributed by atoms with Crippen molar-refractivity contribution in [3.63, 3.8) is 0 Å². The molecule has 0 aliphatic heterocycles. The summed E-state index contributed by atoms with van der Waals surface area (Å²) < 4.78 is 7.92. The molecule has 0 N–H and O–H groups in total. The second-order valence-electron chi connectivity index (χ2n) is 6.78. The molecule has 30 heavy (non-hydrogen) atoms. The van der Waals surface area contributed by atoms with E-state index < -0.39 is 0 Å². The molecule has 7 heteroatoms. The molecule has 0 atom stereocenters. The van der Waals surface area contributed by atoms with Crippen LogP contribution in [-0.2, 0) is 12.3 Å². The van der Waals surface area contributed by atoms with Crippen LogP contribution in [0.25, 0.3) is 22.0 Å². The molecule has 0 saturated carbocycles. The maximum absolute atomic E-state index is 5.79. The van der Waals surface area contributed by atoms with Gasteiger partial charge in [-0.3, -0.25) is 0 Å². The highest BCUT2D eigenvalue weighted by Gasteiger charge is 2.17. The lowest BCUT2D eigenvalue weighted by atomic mass is 10.1. The minimum Gasteiger partial charge on any atom is -0.493 e. The number of ether oxygens (including phenoxy) is 1. The second-order valence-corrected chi connectivity index (χ2v) is 8.58. The van der Waals surface area contributed by atoms with E-state index in [2.05, 4.69) is 58.3 Å². The number of rotatable bonds is 8. The SMILES string of the molecule is CCOc1ccccc1-c1nnc(SCc2csc(-c3cccc(C)c3)n2)n1CC. The Hall–Kier alpha value is -2.64. The molecule has 0 fully saturated rings. The van der Waals surface area contributed by atoms with Gasteiger partial charge in [0.25, 0.3) is 0 Å². The van der Waals surface area contributed by atoms with Gasteiger partial charge in [0, 0.05) is 23.2 Å². The van der Waals surface area contributed by atoms with Crippen LogP contribution in [0.3, 0.4) is 0 Å². The predicted molar refractivity (Wildman–Crippen MR) is 124 cm³/mol. The summed E-state index contributed by atoms with van der Waals surface area (Å²) in [4.78, 5) is 4.82. The van der Waals surface area contributed by atoms with Gasteiger partial charge in [-0.1, -0.05) is 47.7 Å². The first-order valence-electron chi connectivity index (χ1n) is 9.99. The van der Waals surface area contributed by atoms with E-state index in [4.69, 9.17) is 9.72 Å². The minimum atomic E-state index is 0.617. The third-order valence-electron chi connectivity index (χ3n) is 4.63. The maximum atomic E-state index is 5.79. The van der Waals surface area contributed by atoms with Crippen molar-refractivity contribution in [3.05, 3.63) is 65.2 Å². The van der Waals surface area contributed by atoms with Crippen molar-refractivity contribution in [2.24, 2.45) is 0 Å². The van der Waals surface area contributed by atoms with E-state index in [0.717, 1.165) is 45.3 Å². The molecule has 0 saturated heterocycles. The van der Waals surface area contributed by atoms with E-state index >= 15 is 0 Å². The molecular formula is C23H24N4OS2. The lowest BCUT2D eigenvalue weighted by molar-refractivity contribution is 0.341. The highest BCUT2D eigenvalue weighted by molar-refractivity contribution is 7.98. The van der Waals surface area contributed by atoms with Crippen LogP contribution in [0, 0.1) is 6.92 Å². The highest BCUT2D eigenvalue weighted by atomic mass is 32.2. The summed E-state index contributed by atoms with van der Waals surface area (Å²) in [6.45, 7) is 7.61. The first-order chi connectivity index (χ1) is 14.7. The van der Waals surface area contributed by atoms with Crippen LogP contribution >= 0.6 is 23.1 Å². The van der Waals surface area contributed by atoms with Crippen molar-refractivity contribution >= 4 is 23.1 Å². The number of hydrogen-bond acceptors (Lipinski definition) is 6. The summed E-state index contributed by atoms with van der Waals surface area (Å²) in [6.07, 6.45) is 0. The van der Waals surface area contributed by atoms with Crippen LogP contribution in [0.5, 0.6) is 5.75 Å². The minimum absolute atomic E-state index is 0.617. The number of hydrogen-bond donors (Lipinski definition) is 0. The fourth-order valence-electron chi connectivity index (χ4n) is 3.23. The fourth-order valence-corrected chi connectivity index (χ4v) is 5.05. The zero-order valence-electron chi connectivity index (χ0n) is 17.3. The van der Waals surface area contributed by atoms with Crippen LogP contribution in [0.1, 0.15) is 25.1 Å². The number of nitrogens with zero attached hydrogens (tertiary/aromatic N) is 4. The monoisotopic (exact) mass is 436 g/mol. The molecule has 154 valence electrons. The van der Waals surface area contributed by atoms with Crippen molar-refractivity contribution < 1.29 is 4.74 Å². The third-order valence-corrected chi connectivity index (χ3v) is 6.57. The first kappa shape index (κ1) is 20.6. The molecule has 0 unspecified atom stereocenters. The molecule has 0 bridgehead atoms. The Labute approximate surface area is 185 Å². The van der Waals surface area contributed by atoms with E-state index in [0.29, 0.717) is 6.61 Å². The molecule has 0 aliphatic carbocycles. The van der Waals surface area contributed by atoms with Gasteiger partial charge in [0.2, 0.25) is 0 Å². The van der Waals surface area contributed by atoms with Gasteiger partial charge in [-0.05, 0) is 39.0 Å². The molecule has 0 amide bonds. The summed E-state index contributed by atoms with van der Waals surface area (Å²) in [6, 6.07) is 16.4. The summed E-state index contributed by atoms with van der Waals surface area (Å²) >= 11 is 3.35. The number of thiazole rings is 1. The molecule has 2 aromatic carbocycles. The quantitative estimate of drug-likeness (QED) is 0.313. The lowest BCUT2D eigenvalue weighted by Gasteiger charge is -2.11. The number of aryl methyl sites for hydroxylation is 1. The maximum Gasteiger partial charge on any atom is 0.191 e. The number of benzene rings is 2. The van der Waals surface area contributed by atoms with Crippen LogP contribution in [-0.4, -0.2) is 26.4 Å². The molecule has 2 aromatic heterocycles. The summed E-state index contributed by atoms with van der Waals surface area (Å²) in [5.41, 5.74) is 4.44. The molecule has 0 aliphatic rings. The van der Waals surface area contributed by atoms with Crippen LogP contribution in [0.15, 0.2) is 59.1 Å². The van der Waals surface area contributed by atoms with Crippen molar-refractivity contribution in [2.75, 3.05) is 6.61 Å². The van der Waals surface area contributed by atoms with E-state index in [9.17, 15) is 0 Å². The predicted octanol–water partition coefficient (Wildman–Crippen LogP) is 6.09. The molecule has 5 nitrogen and oxygen atoms in total. The fraction of sp³-hybridized carbons (Fsp3) is 0.261. The Morgan fingerprint density at radius 1 is 1.07 bits per heavy atom. The smallest absolute Gasteiger partial charge is 0.191 e. The van der Waals surface area contributed by atoms with Gasteiger partial charge in [-0.15, -0.1) is 21.5 Å². The molecule has 4 aromatic rings. The Morgan fingerprint density at radius 2 is 1.93 bits per heavy atom. The van der Waals surface area contributed by atoms with Crippen molar-refractivity contribution in [1.29, 1.82) is 0 Å². The molecule has 4 rings (SSSR count). The largest absolute Gasteiger partial charge is 0.493 e. The Kier molecular flexibility index (Phi) is 6.50. The summed E-state index contributed by atoms with van der Waals surface area (Å²) in [5, 5.41) is 13.0. The standard InChI is InChI=1S/C23H24N4OS2/c1-4-27-21(19-11-6-7-12-20(19)28-5-2)25-26-23(27)30-15-18-14-29-22(24-18)17-10-8-9-16(3)13-17/h6-14H,4-5,15H2,1-3H3. The van der Waals surface area contributed by atoms with Gasteiger partial charge in [0.15, 0.2) is 11.0 Å². The second kappa shape index (κ2) is 9.45. The van der Waals surface area contributed by atoms with E-state index in [1.807, 2.05) is 31.2 Å². The van der Waals surface area contributed by atoms with Gasteiger partial charge in [0.05, 0.1) is 17.9 Å². The van der Waals surface area contributed by atoms with Crippen LogP contribution in [0.4, 0.5) is 0 Å². The van der Waals surface area contributed by atoms with E-state index in [-0.39, 0.29) is 0 Å². The number of aromatic nitrogens is 4. The van der Waals surface area contributed by atoms with E-state index in [1.165, 1.54) is 11.1 Å². The van der Waals surface area contributed by atoms with Crippen molar-refractivity contribution in [2.45, 2.75) is 38.2 Å². The molecule has 0 radical (unpaired) electrons. The molecule has 2 heterocycles. The normalized spacial score (nSPS) is 11.0. The zero-order valence-corrected chi connectivity index (χ0v) is 19.0. The Balaban J connectivity index is 1.53. The van der Waals surface area contributed by atoms with Gasteiger partial charge in [-0.25, -0.2) is 4.98 Å². The van der Waals surface area contributed by atoms with Gasteiger partial charge in [-0.2, -0.15) is 0 Å². The summed E-state index contributed by atoms with van der Waals surface area (Å²) in [5.74, 6) is 2.43. The molecule has 0 spiro atoms. The van der Waals surface area contributed by atoms with Crippen LogP contribution in [0.2, 0.25) is 0 Å². The van der Waals surface area contributed by atoms with E-state index in [1.54, 1.807) is 23.1 Å². The van der Waals surface area contributed by atoms with Gasteiger partial charge < -0.3 is 9.30 Å². The van der Waals surface area contributed by atoms with Crippen LogP contribution < -0.4 is 4.74 Å². The topological polar surface area (TPSA) is 52.8 Å². The molecular weight excluding hydrogens is 412 g/mol. The van der Waals surface area contributed by atoms with Gasteiger partial charge >= 0.3 is 0 Å².